The van der Waals surface area contributed by atoms with Gasteiger partial charge in [-0.3, -0.25) is 4.79 Å². The van der Waals surface area contributed by atoms with Gasteiger partial charge in [0.1, 0.15) is 11.6 Å². The second-order valence-electron chi connectivity index (χ2n) is 5.67. The van der Waals surface area contributed by atoms with E-state index in [4.69, 9.17) is 0 Å². The van der Waals surface area contributed by atoms with E-state index in [0.717, 1.165) is 28.2 Å². The van der Waals surface area contributed by atoms with Gasteiger partial charge in [0, 0.05) is 34.0 Å². The van der Waals surface area contributed by atoms with Gasteiger partial charge in [0.05, 0.1) is 6.54 Å². The molecule has 2 heterocycles. The van der Waals surface area contributed by atoms with E-state index < -0.39 is 0 Å². The predicted molar refractivity (Wildman–Crippen MR) is 98.5 cm³/mol. The lowest BCUT2D eigenvalue weighted by Gasteiger charge is -2.17. The van der Waals surface area contributed by atoms with Crippen molar-refractivity contribution in [3.8, 4) is 0 Å². The third kappa shape index (κ3) is 4.19. The molecule has 6 heteroatoms. The van der Waals surface area contributed by atoms with Gasteiger partial charge in [-0.05, 0) is 66.6 Å². The maximum atomic E-state index is 12.2. The van der Waals surface area contributed by atoms with Crippen molar-refractivity contribution in [3.05, 3.63) is 51.0 Å². The summed E-state index contributed by atoms with van der Waals surface area (Å²) in [6, 6.07) is 9.50. The van der Waals surface area contributed by atoms with E-state index in [1.54, 1.807) is 0 Å². The topological polar surface area (TPSA) is 58.1 Å². The number of halogens is 1. The van der Waals surface area contributed by atoms with Crippen molar-refractivity contribution in [2.75, 3.05) is 18.0 Å². The van der Waals surface area contributed by atoms with Crippen LogP contribution in [0.1, 0.15) is 34.7 Å². The molecule has 0 radical (unpaired) electrons. The molecule has 1 aromatic heterocycles. The van der Waals surface area contributed by atoms with Crippen LogP contribution in [-0.2, 0) is 6.54 Å². The molecule has 2 aromatic rings. The van der Waals surface area contributed by atoms with Gasteiger partial charge in [-0.15, -0.1) is 0 Å². The molecule has 0 bridgehead atoms. The Kier molecular flexibility index (Phi) is 5.09. The summed E-state index contributed by atoms with van der Waals surface area (Å²) in [6.45, 7) is 4.40. The fourth-order valence-electron chi connectivity index (χ4n) is 2.66. The van der Waals surface area contributed by atoms with Gasteiger partial charge >= 0.3 is 0 Å². The van der Waals surface area contributed by atoms with E-state index in [-0.39, 0.29) is 5.91 Å². The Balaban J connectivity index is 1.67. The molecule has 1 fully saturated rings. The Bertz CT molecular complexity index is 696. The van der Waals surface area contributed by atoms with E-state index in [2.05, 4.69) is 42.8 Å². The van der Waals surface area contributed by atoms with Crippen LogP contribution in [-0.4, -0.2) is 29.0 Å². The summed E-state index contributed by atoms with van der Waals surface area (Å²) in [5.74, 6) is 1.52. The van der Waals surface area contributed by atoms with Gasteiger partial charge in [0.25, 0.3) is 5.91 Å². The van der Waals surface area contributed by atoms with Crippen LogP contribution in [0.5, 0.6) is 0 Å². The van der Waals surface area contributed by atoms with E-state index >= 15 is 0 Å². The summed E-state index contributed by atoms with van der Waals surface area (Å²) in [7, 11) is 0. The zero-order chi connectivity index (χ0) is 16.2. The minimum atomic E-state index is -0.103. The van der Waals surface area contributed by atoms with Crippen molar-refractivity contribution in [2.45, 2.75) is 26.3 Å². The molecule has 0 atom stereocenters. The number of aryl methyl sites for hydroxylation is 1. The van der Waals surface area contributed by atoms with Crippen molar-refractivity contribution >= 4 is 34.3 Å². The second kappa shape index (κ2) is 7.25. The summed E-state index contributed by atoms with van der Waals surface area (Å²) < 4.78 is 1.11. The number of aromatic nitrogens is 2. The van der Waals surface area contributed by atoms with Crippen LogP contribution in [0.2, 0.25) is 0 Å². The Morgan fingerprint density at radius 2 is 1.91 bits per heavy atom. The molecule has 0 unspecified atom stereocenters. The van der Waals surface area contributed by atoms with Crippen LogP contribution in [0.25, 0.3) is 0 Å². The molecule has 0 saturated carbocycles. The molecule has 1 N–H and O–H groups in total. The first-order chi connectivity index (χ1) is 11.1. The largest absolute Gasteiger partial charge is 0.357 e. The molecule has 5 nitrogen and oxygen atoms in total. The molecule has 1 aliphatic rings. The normalized spacial score (nSPS) is 14.1. The number of hydrogen-bond donors (Lipinski definition) is 1. The van der Waals surface area contributed by atoms with Crippen molar-refractivity contribution in [2.24, 2.45) is 0 Å². The van der Waals surface area contributed by atoms with Gasteiger partial charge in [-0.2, -0.15) is 0 Å². The van der Waals surface area contributed by atoms with Gasteiger partial charge in [-0.1, -0.05) is 0 Å². The van der Waals surface area contributed by atoms with E-state index in [1.165, 1.54) is 12.8 Å². The lowest BCUT2D eigenvalue weighted by atomic mass is 10.2. The van der Waals surface area contributed by atoms with Crippen molar-refractivity contribution < 1.29 is 4.79 Å². The minimum absolute atomic E-state index is 0.103. The first-order valence-corrected chi connectivity index (χ1v) is 8.83. The molecule has 1 aromatic carbocycles. The fourth-order valence-corrected chi connectivity index (χ4v) is 3.02. The number of anilines is 1. The van der Waals surface area contributed by atoms with Crippen molar-refractivity contribution in [1.29, 1.82) is 0 Å². The van der Waals surface area contributed by atoms with E-state index in [9.17, 15) is 4.79 Å². The summed E-state index contributed by atoms with van der Waals surface area (Å²) >= 11 is 2.22. The highest BCUT2D eigenvalue weighted by atomic mass is 127. The first-order valence-electron chi connectivity index (χ1n) is 7.75. The number of nitrogens with zero attached hydrogens (tertiary/aromatic N) is 3. The maximum Gasteiger partial charge on any atom is 0.251 e. The highest BCUT2D eigenvalue weighted by molar-refractivity contribution is 14.1. The molecular weight excluding hydrogens is 403 g/mol. The Labute approximate surface area is 149 Å². The summed E-state index contributed by atoms with van der Waals surface area (Å²) in [4.78, 5) is 23.5. The quantitative estimate of drug-likeness (QED) is 0.771. The number of benzene rings is 1. The highest BCUT2D eigenvalue weighted by Crippen LogP contribution is 2.18. The minimum Gasteiger partial charge on any atom is -0.357 e. The van der Waals surface area contributed by atoms with Crippen LogP contribution in [0.3, 0.4) is 0 Å². The molecular formula is C17H19IN4O. The number of amides is 1. The standard InChI is InChI=1S/C17H19IN4O/c1-12-10-16(22-8-2-3-9-22)21-15(20-12)11-19-17(23)13-4-6-14(18)7-5-13/h4-7,10H,2-3,8-9,11H2,1H3,(H,19,23). The summed E-state index contributed by atoms with van der Waals surface area (Å²) in [6.07, 6.45) is 2.42. The monoisotopic (exact) mass is 422 g/mol. The molecule has 0 aliphatic carbocycles. The second-order valence-corrected chi connectivity index (χ2v) is 6.91. The number of rotatable bonds is 4. The van der Waals surface area contributed by atoms with E-state index in [0.29, 0.717) is 17.9 Å². The van der Waals surface area contributed by atoms with Crippen LogP contribution < -0.4 is 10.2 Å². The average molecular weight is 422 g/mol. The van der Waals surface area contributed by atoms with Gasteiger partial charge in [0.15, 0.2) is 0 Å². The Morgan fingerprint density at radius 1 is 1.22 bits per heavy atom. The number of carbonyl (C=O) groups excluding carboxylic acids is 1. The number of carbonyl (C=O) groups is 1. The molecule has 1 saturated heterocycles. The van der Waals surface area contributed by atoms with Gasteiger partial charge in [0.2, 0.25) is 0 Å². The van der Waals surface area contributed by atoms with Gasteiger partial charge in [-0.25, -0.2) is 9.97 Å². The Hall–Kier alpha value is -1.70. The lowest BCUT2D eigenvalue weighted by molar-refractivity contribution is 0.0950. The smallest absolute Gasteiger partial charge is 0.251 e. The molecule has 120 valence electrons. The fraction of sp³-hybridized carbons (Fsp3) is 0.353. The summed E-state index contributed by atoms with van der Waals surface area (Å²) in [5, 5.41) is 2.89. The molecule has 0 spiro atoms. The SMILES string of the molecule is Cc1cc(N2CCCC2)nc(CNC(=O)c2ccc(I)cc2)n1. The zero-order valence-electron chi connectivity index (χ0n) is 13.1. The van der Waals surface area contributed by atoms with Crippen LogP contribution in [0.4, 0.5) is 5.82 Å². The van der Waals surface area contributed by atoms with Crippen LogP contribution in [0, 0.1) is 10.5 Å². The maximum absolute atomic E-state index is 12.2. The zero-order valence-corrected chi connectivity index (χ0v) is 15.2. The predicted octanol–water partition coefficient (Wildman–Crippen LogP) is 2.92. The number of hydrogen-bond acceptors (Lipinski definition) is 4. The Morgan fingerprint density at radius 3 is 2.61 bits per heavy atom. The van der Waals surface area contributed by atoms with Crippen LogP contribution >= 0.6 is 22.6 Å². The van der Waals surface area contributed by atoms with E-state index in [1.807, 2.05) is 37.3 Å². The third-order valence-corrected chi connectivity index (χ3v) is 4.55. The molecule has 1 aliphatic heterocycles. The molecule has 1 amide bonds. The first kappa shape index (κ1) is 16.2. The van der Waals surface area contributed by atoms with Crippen LogP contribution in [0.15, 0.2) is 30.3 Å². The molecule has 3 rings (SSSR count). The molecule has 23 heavy (non-hydrogen) atoms. The lowest BCUT2D eigenvalue weighted by Crippen LogP contribution is -2.25. The summed E-state index contributed by atoms with van der Waals surface area (Å²) in [5.41, 5.74) is 1.58. The average Bonchev–Trinajstić information content (AvgIpc) is 3.07. The van der Waals surface area contributed by atoms with Crippen molar-refractivity contribution in [3.63, 3.8) is 0 Å². The highest BCUT2D eigenvalue weighted by Gasteiger charge is 2.15. The third-order valence-electron chi connectivity index (χ3n) is 3.83. The number of nitrogens with one attached hydrogen (secondary N) is 1. The van der Waals surface area contributed by atoms with Gasteiger partial charge < -0.3 is 10.2 Å². The van der Waals surface area contributed by atoms with Crippen molar-refractivity contribution in [1.82, 2.24) is 15.3 Å².